The van der Waals surface area contributed by atoms with Crippen LogP contribution in [0.3, 0.4) is 0 Å². The lowest BCUT2D eigenvalue weighted by atomic mass is 9.93. The van der Waals surface area contributed by atoms with Gasteiger partial charge in [-0.05, 0) is 61.6 Å². The molecule has 3 nitrogen and oxygen atoms in total. The molecule has 0 saturated carbocycles. The molecule has 162 valence electrons. The van der Waals surface area contributed by atoms with Crippen molar-refractivity contribution in [2.75, 3.05) is 13.1 Å². The molecule has 1 aliphatic heterocycles. The predicted octanol–water partition coefficient (Wildman–Crippen LogP) is 4.69. The Morgan fingerprint density at radius 3 is 2.50 bits per heavy atom. The lowest BCUT2D eigenvalue weighted by Gasteiger charge is -2.32. The molecular weight excluding hydrogens is 403 g/mol. The highest BCUT2D eigenvalue weighted by Gasteiger charge is 2.23. The van der Waals surface area contributed by atoms with Crippen LogP contribution in [0.2, 0.25) is 0 Å². The van der Waals surface area contributed by atoms with E-state index in [4.69, 9.17) is 0 Å². The Bertz CT molecular complexity index is 905. The molecule has 0 unspecified atom stereocenters. The predicted molar refractivity (Wildman–Crippen MR) is 102 cm³/mol. The van der Waals surface area contributed by atoms with E-state index >= 15 is 0 Å². The third-order valence-corrected chi connectivity index (χ3v) is 5.38. The third kappa shape index (κ3) is 5.78. The molecule has 8 heteroatoms. The van der Waals surface area contributed by atoms with Crippen LogP contribution in [0.5, 0.6) is 0 Å². The Hall–Kier alpha value is -2.48. The molecule has 0 aliphatic carbocycles. The number of rotatable bonds is 7. The fourth-order valence-electron chi connectivity index (χ4n) is 3.74. The first-order valence-corrected chi connectivity index (χ1v) is 9.89. The standard InChI is InChI=1S/C22H23F5N2O/c23-17-6-7-19(25)22(27)16(17)13-29-9-1-2-14(12-29)4-8-21(30)28-11-15-3-5-18(24)20(26)10-15/h3,5-7,10,14H,1-2,4,8-9,11-13H2,(H,28,30)/t14-/m1/s1. The lowest BCUT2D eigenvalue weighted by Crippen LogP contribution is -2.36. The molecule has 30 heavy (non-hydrogen) atoms. The quantitative estimate of drug-likeness (QED) is 0.515. The van der Waals surface area contributed by atoms with Crippen LogP contribution in [-0.4, -0.2) is 23.9 Å². The van der Waals surface area contributed by atoms with Gasteiger partial charge in [0.15, 0.2) is 23.3 Å². The minimum Gasteiger partial charge on any atom is -0.352 e. The number of nitrogens with one attached hydrogen (secondary N) is 1. The minimum absolute atomic E-state index is 0.0196. The van der Waals surface area contributed by atoms with E-state index in [0.29, 0.717) is 25.1 Å². The van der Waals surface area contributed by atoms with Crippen molar-refractivity contribution < 1.29 is 26.7 Å². The van der Waals surface area contributed by atoms with Crippen molar-refractivity contribution in [1.29, 1.82) is 0 Å². The summed E-state index contributed by atoms with van der Waals surface area (Å²) in [7, 11) is 0. The van der Waals surface area contributed by atoms with Gasteiger partial charge in [-0.1, -0.05) is 6.07 Å². The second-order valence-corrected chi connectivity index (χ2v) is 7.63. The van der Waals surface area contributed by atoms with Crippen LogP contribution >= 0.6 is 0 Å². The van der Waals surface area contributed by atoms with E-state index in [9.17, 15) is 26.7 Å². The number of piperidine rings is 1. The largest absolute Gasteiger partial charge is 0.352 e. The monoisotopic (exact) mass is 426 g/mol. The molecular formula is C22H23F5N2O. The molecule has 1 N–H and O–H groups in total. The van der Waals surface area contributed by atoms with Crippen molar-refractivity contribution in [2.24, 2.45) is 5.92 Å². The molecule has 0 spiro atoms. The highest BCUT2D eigenvalue weighted by atomic mass is 19.2. The van der Waals surface area contributed by atoms with Gasteiger partial charge in [-0.15, -0.1) is 0 Å². The van der Waals surface area contributed by atoms with Crippen molar-refractivity contribution >= 4 is 5.91 Å². The summed E-state index contributed by atoms with van der Waals surface area (Å²) in [6.07, 6.45) is 2.56. The first-order chi connectivity index (χ1) is 14.3. The van der Waals surface area contributed by atoms with Crippen molar-refractivity contribution in [3.63, 3.8) is 0 Å². The summed E-state index contributed by atoms with van der Waals surface area (Å²) >= 11 is 0. The number of likely N-dealkylation sites (tertiary alicyclic amines) is 1. The molecule has 1 heterocycles. The van der Waals surface area contributed by atoms with Crippen LogP contribution in [0.4, 0.5) is 22.0 Å². The second kappa shape index (κ2) is 10.0. The third-order valence-electron chi connectivity index (χ3n) is 5.38. The molecule has 1 atom stereocenters. The molecule has 0 bridgehead atoms. The molecule has 1 fully saturated rings. The van der Waals surface area contributed by atoms with Gasteiger partial charge in [0, 0.05) is 31.6 Å². The van der Waals surface area contributed by atoms with E-state index in [-0.39, 0.29) is 36.9 Å². The maximum atomic E-state index is 13.9. The van der Waals surface area contributed by atoms with Gasteiger partial charge in [0.2, 0.25) is 5.91 Å². The van der Waals surface area contributed by atoms with Crippen LogP contribution < -0.4 is 5.32 Å². The van der Waals surface area contributed by atoms with Gasteiger partial charge in [0.1, 0.15) is 5.82 Å². The summed E-state index contributed by atoms with van der Waals surface area (Å²) in [5, 5.41) is 2.67. The van der Waals surface area contributed by atoms with E-state index in [1.165, 1.54) is 6.07 Å². The first-order valence-electron chi connectivity index (χ1n) is 9.89. The average molecular weight is 426 g/mol. The first kappa shape index (κ1) is 22.2. The van der Waals surface area contributed by atoms with Gasteiger partial charge < -0.3 is 5.32 Å². The fourth-order valence-corrected chi connectivity index (χ4v) is 3.74. The maximum absolute atomic E-state index is 13.9. The van der Waals surface area contributed by atoms with Crippen LogP contribution in [0.25, 0.3) is 0 Å². The molecule has 2 aromatic carbocycles. The molecule has 1 saturated heterocycles. The van der Waals surface area contributed by atoms with Gasteiger partial charge >= 0.3 is 0 Å². The molecule has 0 aromatic heterocycles. The van der Waals surface area contributed by atoms with Gasteiger partial charge in [-0.2, -0.15) is 0 Å². The van der Waals surface area contributed by atoms with Crippen LogP contribution in [0.15, 0.2) is 30.3 Å². The Kier molecular flexibility index (Phi) is 7.42. The van der Waals surface area contributed by atoms with Gasteiger partial charge in [0.05, 0.1) is 0 Å². The van der Waals surface area contributed by atoms with Gasteiger partial charge in [0.25, 0.3) is 0 Å². The Balaban J connectivity index is 1.46. The summed E-state index contributed by atoms with van der Waals surface area (Å²) in [5.41, 5.74) is 0.185. The van der Waals surface area contributed by atoms with E-state index in [1.54, 1.807) is 0 Å². The van der Waals surface area contributed by atoms with E-state index in [1.807, 2.05) is 4.90 Å². The summed E-state index contributed by atoms with van der Waals surface area (Å²) in [6.45, 7) is 1.29. The van der Waals surface area contributed by atoms with E-state index in [2.05, 4.69) is 5.32 Å². The number of nitrogens with zero attached hydrogens (tertiary/aromatic N) is 1. The number of halogens is 5. The van der Waals surface area contributed by atoms with Crippen LogP contribution in [0.1, 0.15) is 36.8 Å². The molecule has 2 aromatic rings. The van der Waals surface area contributed by atoms with Crippen LogP contribution in [0, 0.1) is 35.0 Å². The summed E-state index contributed by atoms with van der Waals surface area (Å²) in [5.74, 6) is -4.94. The Morgan fingerprint density at radius 2 is 1.73 bits per heavy atom. The lowest BCUT2D eigenvalue weighted by molar-refractivity contribution is -0.121. The SMILES string of the molecule is O=C(CC[C@H]1CCCN(Cc2c(F)ccc(F)c2F)C1)NCc1ccc(F)c(F)c1. The fraction of sp³-hybridized carbons (Fsp3) is 0.409. The zero-order chi connectivity index (χ0) is 21.7. The molecule has 3 rings (SSSR count). The zero-order valence-corrected chi connectivity index (χ0v) is 16.4. The topological polar surface area (TPSA) is 32.3 Å². The minimum atomic E-state index is -1.16. The van der Waals surface area contributed by atoms with Crippen molar-refractivity contribution in [3.8, 4) is 0 Å². The number of amides is 1. The number of carbonyl (C=O) groups is 1. The van der Waals surface area contributed by atoms with E-state index in [0.717, 1.165) is 37.1 Å². The Morgan fingerprint density at radius 1 is 1.00 bits per heavy atom. The summed E-state index contributed by atoms with van der Waals surface area (Å²) in [4.78, 5) is 13.9. The molecule has 0 radical (unpaired) electrons. The summed E-state index contributed by atoms with van der Waals surface area (Å²) < 4.78 is 67.3. The average Bonchev–Trinajstić information content (AvgIpc) is 2.73. The second-order valence-electron chi connectivity index (χ2n) is 7.63. The van der Waals surface area contributed by atoms with Crippen molar-refractivity contribution in [1.82, 2.24) is 10.2 Å². The zero-order valence-electron chi connectivity index (χ0n) is 16.4. The normalized spacial score (nSPS) is 17.2. The number of carbonyl (C=O) groups excluding carboxylic acids is 1. The van der Waals surface area contributed by atoms with Gasteiger partial charge in [-0.25, -0.2) is 22.0 Å². The van der Waals surface area contributed by atoms with Crippen molar-refractivity contribution in [3.05, 3.63) is 70.5 Å². The summed E-state index contributed by atoms with van der Waals surface area (Å²) in [6, 6.07) is 5.15. The highest BCUT2D eigenvalue weighted by Crippen LogP contribution is 2.25. The highest BCUT2D eigenvalue weighted by molar-refractivity contribution is 5.75. The number of hydrogen-bond donors (Lipinski definition) is 1. The van der Waals surface area contributed by atoms with Gasteiger partial charge in [-0.3, -0.25) is 9.69 Å². The molecule has 1 amide bonds. The van der Waals surface area contributed by atoms with Crippen LogP contribution in [-0.2, 0) is 17.9 Å². The smallest absolute Gasteiger partial charge is 0.220 e. The Labute approximate surface area is 171 Å². The number of benzene rings is 2. The number of hydrogen-bond acceptors (Lipinski definition) is 2. The maximum Gasteiger partial charge on any atom is 0.220 e. The van der Waals surface area contributed by atoms with Crippen molar-refractivity contribution in [2.45, 2.75) is 38.8 Å². The van der Waals surface area contributed by atoms with E-state index < -0.39 is 29.1 Å². The molecule has 1 aliphatic rings.